The first-order valence-corrected chi connectivity index (χ1v) is 4.88. The molecule has 0 saturated carbocycles. The van der Waals surface area contributed by atoms with Crippen molar-refractivity contribution < 1.29 is 5.11 Å². The summed E-state index contributed by atoms with van der Waals surface area (Å²) in [4.78, 5) is 0. The minimum atomic E-state index is 0.333. The zero-order valence-corrected chi connectivity index (χ0v) is 7.90. The molecule has 0 aliphatic heterocycles. The van der Waals surface area contributed by atoms with E-state index in [1.807, 2.05) is 19.2 Å². The highest BCUT2D eigenvalue weighted by molar-refractivity contribution is 7.97. The third-order valence-electron chi connectivity index (χ3n) is 1.57. The normalized spacial score (nSPS) is 10.1. The zero-order chi connectivity index (χ0) is 8.81. The number of aryl methyl sites for hydroxylation is 1. The molecule has 3 heteroatoms. The SMILES string of the molecule is CNSCCc1ccc(O)cc1. The fourth-order valence-corrected chi connectivity index (χ4v) is 1.48. The second-order valence-electron chi connectivity index (χ2n) is 2.47. The Balaban J connectivity index is 2.37. The molecule has 1 aromatic rings. The summed E-state index contributed by atoms with van der Waals surface area (Å²) in [6, 6.07) is 7.34. The first kappa shape index (κ1) is 9.42. The summed E-state index contributed by atoms with van der Waals surface area (Å²) in [5.74, 6) is 1.39. The van der Waals surface area contributed by atoms with Crippen LogP contribution in [0.3, 0.4) is 0 Å². The lowest BCUT2D eigenvalue weighted by molar-refractivity contribution is 0.475. The fraction of sp³-hybridized carbons (Fsp3) is 0.333. The van der Waals surface area contributed by atoms with E-state index in [0.29, 0.717) is 5.75 Å². The van der Waals surface area contributed by atoms with Gasteiger partial charge in [0.2, 0.25) is 0 Å². The van der Waals surface area contributed by atoms with Gasteiger partial charge in [-0.3, -0.25) is 4.72 Å². The average molecular weight is 183 g/mol. The van der Waals surface area contributed by atoms with Crippen molar-refractivity contribution >= 4 is 11.9 Å². The number of phenolic OH excluding ortho intramolecular Hbond substituents is 1. The molecule has 0 atom stereocenters. The number of hydrogen-bond donors (Lipinski definition) is 2. The Morgan fingerprint density at radius 1 is 1.33 bits per heavy atom. The van der Waals surface area contributed by atoms with Gasteiger partial charge in [-0.05, 0) is 31.2 Å². The maximum atomic E-state index is 9.01. The minimum absolute atomic E-state index is 0.333. The van der Waals surface area contributed by atoms with Gasteiger partial charge in [0.25, 0.3) is 0 Å². The molecular formula is C9H13NOS. The number of phenols is 1. The first-order valence-electron chi connectivity index (χ1n) is 3.89. The molecule has 0 aliphatic carbocycles. The van der Waals surface area contributed by atoms with Crippen LogP contribution in [0.15, 0.2) is 24.3 Å². The Morgan fingerprint density at radius 3 is 2.58 bits per heavy atom. The highest BCUT2D eigenvalue weighted by Gasteiger charge is 1.92. The van der Waals surface area contributed by atoms with E-state index < -0.39 is 0 Å². The Bertz CT molecular complexity index is 222. The molecule has 2 N–H and O–H groups in total. The molecule has 0 aliphatic rings. The third-order valence-corrected chi connectivity index (χ3v) is 2.27. The second-order valence-corrected chi connectivity index (χ2v) is 3.57. The molecule has 66 valence electrons. The summed E-state index contributed by atoms with van der Waals surface area (Å²) in [5.41, 5.74) is 1.26. The van der Waals surface area contributed by atoms with E-state index in [9.17, 15) is 0 Å². The van der Waals surface area contributed by atoms with Crippen LogP contribution >= 0.6 is 11.9 Å². The van der Waals surface area contributed by atoms with Crippen molar-refractivity contribution in [2.75, 3.05) is 12.8 Å². The van der Waals surface area contributed by atoms with Gasteiger partial charge in [0.1, 0.15) is 5.75 Å². The zero-order valence-electron chi connectivity index (χ0n) is 7.08. The molecule has 0 bridgehead atoms. The van der Waals surface area contributed by atoms with E-state index in [1.54, 1.807) is 24.1 Å². The van der Waals surface area contributed by atoms with Crippen LogP contribution in [0.25, 0.3) is 0 Å². The quantitative estimate of drug-likeness (QED) is 0.551. The van der Waals surface area contributed by atoms with E-state index in [4.69, 9.17) is 5.11 Å². The van der Waals surface area contributed by atoms with Crippen LogP contribution in [-0.4, -0.2) is 17.9 Å². The van der Waals surface area contributed by atoms with E-state index in [2.05, 4.69) is 4.72 Å². The smallest absolute Gasteiger partial charge is 0.115 e. The van der Waals surface area contributed by atoms with E-state index in [0.717, 1.165) is 12.2 Å². The van der Waals surface area contributed by atoms with Gasteiger partial charge in [0, 0.05) is 5.75 Å². The molecule has 1 rings (SSSR count). The predicted molar refractivity (Wildman–Crippen MR) is 53.3 cm³/mol. The van der Waals surface area contributed by atoms with Crippen LogP contribution in [0.2, 0.25) is 0 Å². The van der Waals surface area contributed by atoms with Crippen LogP contribution in [0.5, 0.6) is 5.75 Å². The topological polar surface area (TPSA) is 32.3 Å². The van der Waals surface area contributed by atoms with E-state index in [1.165, 1.54) is 5.56 Å². The number of benzene rings is 1. The molecule has 12 heavy (non-hydrogen) atoms. The van der Waals surface area contributed by atoms with Crippen LogP contribution in [-0.2, 0) is 6.42 Å². The van der Waals surface area contributed by atoms with Gasteiger partial charge in [-0.1, -0.05) is 24.1 Å². The van der Waals surface area contributed by atoms with Gasteiger partial charge in [0.05, 0.1) is 0 Å². The summed E-state index contributed by atoms with van der Waals surface area (Å²) in [6.45, 7) is 0. The fourth-order valence-electron chi connectivity index (χ4n) is 0.934. The lowest BCUT2D eigenvalue weighted by atomic mass is 10.2. The summed E-state index contributed by atoms with van der Waals surface area (Å²) in [7, 11) is 1.92. The number of rotatable bonds is 4. The summed E-state index contributed by atoms with van der Waals surface area (Å²) in [5, 5.41) is 9.01. The Hall–Kier alpha value is -0.670. The van der Waals surface area contributed by atoms with Crippen LogP contribution < -0.4 is 4.72 Å². The molecular weight excluding hydrogens is 170 g/mol. The maximum absolute atomic E-state index is 9.01. The van der Waals surface area contributed by atoms with Crippen LogP contribution in [0.1, 0.15) is 5.56 Å². The molecule has 0 amide bonds. The van der Waals surface area contributed by atoms with Gasteiger partial charge >= 0.3 is 0 Å². The lowest BCUT2D eigenvalue weighted by Crippen LogP contribution is -1.96. The molecule has 0 aromatic heterocycles. The molecule has 2 nitrogen and oxygen atoms in total. The molecule has 1 aromatic carbocycles. The monoisotopic (exact) mass is 183 g/mol. The predicted octanol–water partition coefficient (Wildman–Crippen LogP) is 1.80. The third kappa shape index (κ3) is 3.15. The largest absolute Gasteiger partial charge is 0.508 e. The number of aromatic hydroxyl groups is 1. The van der Waals surface area contributed by atoms with E-state index >= 15 is 0 Å². The summed E-state index contributed by atoms with van der Waals surface area (Å²) < 4.78 is 3.02. The number of nitrogens with one attached hydrogen (secondary N) is 1. The van der Waals surface area contributed by atoms with Crippen LogP contribution in [0.4, 0.5) is 0 Å². The maximum Gasteiger partial charge on any atom is 0.115 e. The molecule has 0 radical (unpaired) electrons. The second kappa shape index (κ2) is 5.06. The van der Waals surface area contributed by atoms with Gasteiger partial charge in [0.15, 0.2) is 0 Å². The van der Waals surface area contributed by atoms with Gasteiger partial charge in [-0.25, -0.2) is 0 Å². The highest BCUT2D eigenvalue weighted by atomic mass is 32.2. The van der Waals surface area contributed by atoms with Crippen LogP contribution in [0, 0.1) is 0 Å². The average Bonchev–Trinajstić information content (AvgIpc) is 2.09. The van der Waals surface area contributed by atoms with E-state index in [-0.39, 0.29) is 0 Å². The van der Waals surface area contributed by atoms with Crippen molar-refractivity contribution in [3.63, 3.8) is 0 Å². The molecule has 0 fully saturated rings. The minimum Gasteiger partial charge on any atom is -0.508 e. The Kier molecular flexibility index (Phi) is 3.97. The van der Waals surface area contributed by atoms with Crippen molar-refractivity contribution in [2.45, 2.75) is 6.42 Å². The molecule has 0 unspecified atom stereocenters. The van der Waals surface area contributed by atoms with Gasteiger partial charge in [-0.15, -0.1) is 0 Å². The molecule has 0 heterocycles. The molecule has 0 saturated heterocycles. The lowest BCUT2D eigenvalue weighted by Gasteiger charge is -2.00. The summed E-state index contributed by atoms with van der Waals surface area (Å²) in [6.07, 6.45) is 1.03. The Morgan fingerprint density at radius 2 is 2.00 bits per heavy atom. The Labute approximate surface area is 77.1 Å². The number of hydrogen-bond acceptors (Lipinski definition) is 3. The van der Waals surface area contributed by atoms with Crippen molar-refractivity contribution in [2.24, 2.45) is 0 Å². The highest BCUT2D eigenvalue weighted by Crippen LogP contribution is 2.11. The van der Waals surface area contributed by atoms with Crippen molar-refractivity contribution in [1.82, 2.24) is 4.72 Å². The molecule has 0 spiro atoms. The first-order chi connectivity index (χ1) is 5.83. The standard InChI is InChI=1S/C9H13NOS/c1-10-12-7-6-8-2-4-9(11)5-3-8/h2-5,10-11H,6-7H2,1H3. The van der Waals surface area contributed by atoms with Gasteiger partial charge in [-0.2, -0.15) is 0 Å². The summed E-state index contributed by atoms with van der Waals surface area (Å²) >= 11 is 1.69. The van der Waals surface area contributed by atoms with Gasteiger partial charge < -0.3 is 5.11 Å². The van der Waals surface area contributed by atoms with Crippen molar-refractivity contribution in [3.8, 4) is 5.75 Å². The van der Waals surface area contributed by atoms with Crippen molar-refractivity contribution in [3.05, 3.63) is 29.8 Å². The van der Waals surface area contributed by atoms with Crippen molar-refractivity contribution in [1.29, 1.82) is 0 Å².